The summed E-state index contributed by atoms with van der Waals surface area (Å²) in [6, 6.07) is 19.6. The second-order valence-electron chi connectivity index (χ2n) is 9.59. The molecule has 0 unspecified atom stereocenters. The van der Waals surface area contributed by atoms with Crippen LogP contribution in [0.3, 0.4) is 0 Å². The quantitative estimate of drug-likeness (QED) is 0.175. The van der Waals surface area contributed by atoms with E-state index in [2.05, 4.69) is 24.9 Å². The van der Waals surface area contributed by atoms with E-state index in [0.717, 1.165) is 47.8 Å². The van der Waals surface area contributed by atoms with Gasteiger partial charge in [0, 0.05) is 30.5 Å². The number of nitrogens with zero attached hydrogens (tertiary/aromatic N) is 7. The van der Waals surface area contributed by atoms with Crippen LogP contribution in [0.1, 0.15) is 40.6 Å². The molecule has 0 radical (unpaired) electrons. The molecule has 0 bridgehead atoms. The van der Waals surface area contributed by atoms with E-state index in [1.54, 1.807) is 22.9 Å². The van der Waals surface area contributed by atoms with Crippen LogP contribution in [0, 0.1) is 0 Å². The van der Waals surface area contributed by atoms with Crippen molar-refractivity contribution in [2.75, 3.05) is 7.15 Å². The molecule has 0 aliphatic heterocycles. The van der Waals surface area contributed by atoms with E-state index >= 15 is 0 Å². The first-order valence-corrected chi connectivity index (χ1v) is 14.3. The number of nitrogens with one attached hydrogen (secondary N) is 1. The molecule has 0 saturated heterocycles. The van der Waals surface area contributed by atoms with Gasteiger partial charge >= 0.3 is 40.9 Å². The summed E-state index contributed by atoms with van der Waals surface area (Å²) in [5.41, 5.74) is 3.73. The normalized spacial score (nSPS) is 13.8. The van der Waals surface area contributed by atoms with Crippen molar-refractivity contribution in [3.05, 3.63) is 110 Å². The van der Waals surface area contributed by atoms with Gasteiger partial charge in [0.05, 0.1) is 30.6 Å². The van der Waals surface area contributed by atoms with Crippen LogP contribution < -0.4 is 40.9 Å². The average Bonchev–Trinajstić information content (AvgIpc) is 3.94. The van der Waals surface area contributed by atoms with E-state index in [1.165, 1.54) is 6.20 Å². The van der Waals surface area contributed by atoms with Crippen LogP contribution in [0.15, 0.2) is 82.6 Å². The van der Waals surface area contributed by atoms with Gasteiger partial charge in [-0.3, -0.25) is 13.5 Å². The molecule has 0 spiro atoms. The van der Waals surface area contributed by atoms with Crippen LogP contribution in [0.4, 0.5) is 4.39 Å². The molecular formula is C29H27Cl3FN8NaO2. The first kappa shape index (κ1) is 32.3. The number of benzene rings is 2. The van der Waals surface area contributed by atoms with Gasteiger partial charge in [0.15, 0.2) is 0 Å². The molecule has 44 heavy (non-hydrogen) atoms. The summed E-state index contributed by atoms with van der Waals surface area (Å²) in [5, 5.41) is 0.681. The second-order valence-corrected chi connectivity index (χ2v) is 10.7. The van der Waals surface area contributed by atoms with Crippen molar-refractivity contribution in [1.29, 1.82) is 0 Å². The molecule has 4 heterocycles. The minimum atomic E-state index is -1.00. The molecule has 1 N–H and O–H groups in total. The van der Waals surface area contributed by atoms with Crippen LogP contribution in [0.5, 0.6) is 0 Å². The van der Waals surface area contributed by atoms with Crippen molar-refractivity contribution in [2.24, 2.45) is 0 Å². The summed E-state index contributed by atoms with van der Waals surface area (Å²) in [5.74, 6) is 0.505. The van der Waals surface area contributed by atoms with Crippen LogP contribution in [0.25, 0.3) is 27.9 Å². The predicted molar refractivity (Wildman–Crippen MR) is 167 cm³/mol. The Morgan fingerprint density at radius 3 is 1.93 bits per heavy atom. The Labute approximate surface area is 291 Å². The third-order valence-corrected chi connectivity index (χ3v) is 7.24. The fourth-order valence-electron chi connectivity index (χ4n) is 4.61. The molecule has 8 rings (SSSR count). The van der Waals surface area contributed by atoms with Gasteiger partial charge in [-0.15, -0.1) is 0 Å². The Morgan fingerprint density at radius 2 is 1.36 bits per heavy atom. The summed E-state index contributed by atoms with van der Waals surface area (Å²) >= 11 is 16.6. The maximum absolute atomic E-state index is 12.7. The molecule has 2 fully saturated rings. The summed E-state index contributed by atoms with van der Waals surface area (Å²) in [4.78, 5) is 42.3. The predicted octanol–water partition coefficient (Wildman–Crippen LogP) is 3.72. The largest absolute Gasteiger partial charge is 1.00 e. The van der Waals surface area contributed by atoms with Crippen LogP contribution in [-0.4, -0.2) is 45.8 Å². The Hall–Kier alpha value is -3.06. The Morgan fingerprint density at radius 1 is 0.818 bits per heavy atom. The summed E-state index contributed by atoms with van der Waals surface area (Å²) in [6.07, 6.45) is 7.44. The maximum atomic E-state index is 12.7. The standard InChI is InChI=1S/C14H11ClN4O.C10H10N2O.C4H2Cl2N2.CH3F.Na.H/c15-13-16-8-7-12(17-13)19-11-4-2-1-3-10(11)18(14(19)20)9-5-6-9;13-10-11-8-3-1-2-4-9(8)12(10)7-5-6-7;5-3-1-2-7-4(6)8-3;1-2;;/h1-4,7-9H,5-6H2;1-4,7H,5-6H2,(H,11,13);1-2H;1H3;;/q;;;;+1;-1/i;;;1D;;. The van der Waals surface area contributed by atoms with Crippen molar-refractivity contribution in [1.82, 2.24) is 38.6 Å². The molecule has 2 aliphatic rings. The number of halogens is 4. The molecule has 2 saturated carbocycles. The molecule has 2 aromatic carbocycles. The van der Waals surface area contributed by atoms with Gasteiger partial charge in [-0.25, -0.2) is 29.1 Å². The zero-order valence-electron chi connectivity index (χ0n) is 25.6. The molecule has 6 aromatic rings. The summed E-state index contributed by atoms with van der Waals surface area (Å²) in [6.45, 7) is 0. The van der Waals surface area contributed by atoms with Gasteiger partial charge in [-0.05, 0) is 79.2 Å². The van der Waals surface area contributed by atoms with Crippen LogP contribution in [0.2, 0.25) is 15.7 Å². The Balaban J connectivity index is 0.000000192. The number of fused-ring (bicyclic) bond motifs is 2. The number of alkyl halides is 1. The van der Waals surface area contributed by atoms with E-state index in [0.29, 0.717) is 23.1 Å². The van der Waals surface area contributed by atoms with Gasteiger partial charge in [0.2, 0.25) is 10.6 Å². The molecular weight excluding hydrogens is 641 g/mol. The minimum absolute atomic E-state index is 0. The number of para-hydroxylation sites is 4. The molecule has 4 aromatic heterocycles. The van der Waals surface area contributed by atoms with E-state index in [9.17, 15) is 14.0 Å². The van der Waals surface area contributed by atoms with E-state index in [1.807, 2.05) is 57.7 Å². The number of aromatic nitrogens is 8. The van der Waals surface area contributed by atoms with E-state index < -0.39 is 7.15 Å². The summed E-state index contributed by atoms with van der Waals surface area (Å²) < 4.78 is 20.8. The minimum Gasteiger partial charge on any atom is -1.00 e. The van der Waals surface area contributed by atoms with Crippen molar-refractivity contribution >= 4 is 56.9 Å². The fraction of sp³-hybridized carbons (Fsp3) is 0.241. The van der Waals surface area contributed by atoms with E-state index in [4.69, 9.17) is 36.2 Å². The van der Waals surface area contributed by atoms with Crippen LogP contribution >= 0.6 is 34.8 Å². The third-order valence-electron chi connectivity index (χ3n) is 6.66. The number of H-pyrrole nitrogens is 1. The Bertz CT molecular complexity index is 2000. The van der Waals surface area contributed by atoms with Gasteiger partial charge in [-0.2, -0.15) is 4.98 Å². The number of hydrogen-bond donors (Lipinski definition) is 1. The van der Waals surface area contributed by atoms with E-state index in [-0.39, 0.29) is 52.9 Å². The van der Waals surface area contributed by atoms with Crippen LogP contribution in [-0.2, 0) is 0 Å². The smallest absolute Gasteiger partial charge is 1.00 e. The van der Waals surface area contributed by atoms with Gasteiger partial charge in [0.1, 0.15) is 11.0 Å². The first-order chi connectivity index (χ1) is 21.3. The zero-order valence-corrected chi connectivity index (χ0v) is 27.8. The topological polar surface area (TPSA) is 116 Å². The maximum Gasteiger partial charge on any atom is 1.00 e. The summed E-state index contributed by atoms with van der Waals surface area (Å²) in [7, 11) is -1.00. The third kappa shape index (κ3) is 7.77. The van der Waals surface area contributed by atoms with Crippen molar-refractivity contribution in [3.63, 3.8) is 0 Å². The van der Waals surface area contributed by atoms with Gasteiger partial charge in [0.25, 0.3) is 0 Å². The number of hydrogen-bond acceptors (Lipinski definition) is 6. The first-order valence-electron chi connectivity index (χ1n) is 13.9. The molecule has 0 amide bonds. The molecule has 224 valence electrons. The molecule has 0 atom stereocenters. The molecule has 10 nitrogen and oxygen atoms in total. The van der Waals surface area contributed by atoms with Crippen molar-refractivity contribution in [3.8, 4) is 5.82 Å². The SMILES string of the molecule is Clc1ccnc(Cl)n1.O=c1[nH]c2ccccc2n1C1CC1.O=c1n(-c2ccnc(Cl)n2)c2ccccc2n1C1CC1.[2H]CF.[H-].[Na+]. The van der Waals surface area contributed by atoms with Crippen molar-refractivity contribution in [2.45, 2.75) is 37.8 Å². The second kappa shape index (κ2) is 15.3. The Kier molecular flexibility index (Phi) is 11.2. The number of imidazole rings is 2. The van der Waals surface area contributed by atoms with Gasteiger partial charge < -0.3 is 6.41 Å². The van der Waals surface area contributed by atoms with Gasteiger partial charge in [-0.1, -0.05) is 35.9 Å². The monoisotopic (exact) mass is 667 g/mol. The number of rotatable bonds is 3. The average molecular weight is 669 g/mol. The molecule has 15 heteroatoms. The number of aromatic amines is 1. The fourth-order valence-corrected chi connectivity index (χ4v) is 5.08. The molecule has 2 aliphatic carbocycles. The zero-order chi connectivity index (χ0) is 31.2. The van der Waals surface area contributed by atoms with Crippen molar-refractivity contribution < 1.29 is 36.7 Å².